The van der Waals surface area contributed by atoms with Gasteiger partial charge in [0.25, 0.3) is 5.92 Å². The molecule has 0 atom stereocenters. The summed E-state index contributed by atoms with van der Waals surface area (Å²) in [6.45, 7) is -0.391. The SMILES string of the molecule is FC1(F)CN(c2cc[c]nc2)C1. The molecule has 1 aliphatic rings. The molecule has 0 aliphatic carbocycles. The molecule has 2 nitrogen and oxygen atoms in total. The lowest BCUT2D eigenvalue weighted by Gasteiger charge is -2.40. The third-order valence-electron chi connectivity index (χ3n) is 1.81. The molecule has 1 aromatic heterocycles. The average Bonchev–Trinajstić information content (AvgIpc) is 2.02. The normalized spacial score (nSPS) is 20.3. The monoisotopic (exact) mass is 169 g/mol. The van der Waals surface area contributed by atoms with Gasteiger partial charge in [-0.3, -0.25) is 4.98 Å². The van der Waals surface area contributed by atoms with Crippen LogP contribution in [0.15, 0.2) is 18.3 Å². The van der Waals surface area contributed by atoms with Crippen molar-refractivity contribution in [1.82, 2.24) is 4.98 Å². The van der Waals surface area contributed by atoms with Gasteiger partial charge < -0.3 is 4.90 Å². The quantitative estimate of drug-likeness (QED) is 0.630. The lowest BCUT2D eigenvalue weighted by atomic mass is 10.1. The Bertz CT molecular complexity index is 266. The van der Waals surface area contributed by atoms with Crippen LogP contribution in [0.5, 0.6) is 0 Å². The molecule has 12 heavy (non-hydrogen) atoms. The van der Waals surface area contributed by atoms with Crippen molar-refractivity contribution in [3.05, 3.63) is 24.5 Å². The van der Waals surface area contributed by atoms with Crippen LogP contribution in [0, 0.1) is 6.20 Å². The first-order chi connectivity index (χ1) is 5.67. The zero-order chi connectivity index (χ0) is 8.60. The van der Waals surface area contributed by atoms with Crippen LogP contribution < -0.4 is 4.90 Å². The molecule has 0 amide bonds. The fourth-order valence-electron chi connectivity index (χ4n) is 1.19. The number of hydrogen-bond donors (Lipinski definition) is 0. The molecule has 1 radical (unpaired) electrons. The van der Waals surface area contributed by atoms with Crippen molar-refractivity contribution in [3.8, 4) is 0 Å². The Labute approximate surface area is 68.8 Å². The zero-order valence-corrected chi connectivity index (χ0v) is 6.30. The summed E-state index contributed by atoms with van der Waals surface area (Å²) in [5.74, 6) is -2.51. The Balaban J connectivity index is 2.06. The van der Waals surface area contributed by atoms with Gasteiger partial charge in [-0.25, -0.2) is 8.78 Å². The van der Waals surface area contributed by atoms with Crippen LogP contribution in [0.25, 0.3) is 0 Å². The van der Waals surface area contributed by atoms with E-state index in [9.17, 15) is 8.78 Å². The summed E-state index contributed by atoms with van der Waals surface area (Å²) >= 11 is 0. The van der Waals surface area contributed by atoms with Crippen molar-refractivity contribution in [2.45, 2.75) is 5.92 Å². The van der Waals surface area contributed by atoms with Crippen LogP contribution in [0.3, 0.4) is 0 Å². The van der Waals surface area contributed by atoms with E-state index in [1.54, 1.807) is 17.0 Å². The summed E-state index contributed by atoms with van der Waals surface area (Å²) in [5, 5.41) is 0. The fraction of sp³-hybridized carbons (Fsp3) is 0.375. The van der Waals surface area contributed by atoms with Gasteiger partial charge in [0.2, 0.25) is 0 Å². The van der Waals surface area contributed by atoms with E-state index in [2.05, 4.69) is 11.2 Å². The molecule has 1 saturated heterocycles. The molecular weight excluding hydrogens is 162 g/mol. The standard InChI is InChI=1S/C8H7F2N2/c9-8(10)5-12(6-8)7-2-1-3-11-4-7/h1-2,4H,5-6H2. The molecule has 2 rings (SSSR count). The molecule has 0 saturated carbocycles. The van der Waals surface area contributed by atoms with Crippen LogP contribution in [-0.2, 0) is 0 Å². The molecule has 0 aromatic carbocycles. The van der Waals surface area contributed by atoms with Crippen LogP contribution >= 0.6 is 0 Å². The minimum Gasteiger partial charge on any atom is -0.358 e. The van der Waals surface area contributed by atoms with Gasteiger partial charge in [-0.1, -0.05) is 0 Å². The van der Waals surface area contributed by atoms with Crippen molar-refractivity contribution in [2.75, 3.05) is 18.0 Å². The first kappa shape index (κ1) is 7.46. The molecular formula is C8H7F2N2. The predicted molar refractivity (Wildman–Crippen MR) is 40.2 cm³/mol. The third kappa shape index (κ3) is 1.24. The van der Waals surface area contributed by atoms with Crippen LogP contribution in [0.2, 0.25) is 0 Å². The van der Waals surface area contributed by atoms with Crippen molar-refractivity contribution in [2.24, 2.45) is 0 Å². The van der Waals surface area contributed by atoms with Crippen molar-refractivity contribution >= 4 is 5.69 Å². The van der Waals surface area contributed by atoms with E-state index in [0.717, 1.165) is 5.69 Å². The highest BCUT2D eigenvalue weighted by atomic mass is 19.3. The molecule has 0 unspecified atom stereocenters. The summed E-state index contributed by atoms with van der Waals surface area (Å²) in [6, 6.07) is 3.34. The second kappa shape index (κ2) is 2.40. The molecule has 1 aliphatic heterocycles. The van der Waals surface area contributed by atoms with E-state index >= 15 is 0 Å². The fourth-order valence-corrected chi connectivity index (χ4v) is 1.19. The van der Waals surface area contributed by atoms with Gasteiger partial charge in [-0.2, -0.15) is 0 Å². The summed E-state index contributed by atoms with van der Waals surface area (Å²) in [5.41, 5.74) is 0.736. The van der Waals surface area contributed by atoms with Gasteiger partial charge in [-0.05, 0) is 12.1 Å². The maximum atomic E-state index is 12.4. The number of nitrogens with zero attached hydrogens (tertiary/aromatic N) is 2. The van der Waals surface area contributed by atoms with E-state index in [1.165, 1.54) is 6.20 Å². The Kier molecular flexibility index (Phi) is 1.49. The predicted octanol–water partition coefficient (Wildman–Crippen LogP) is 1.34. The maximum Gasteiger partial charge on any atom is 0.282 e. The summed E-state index contributed by atoms with van der Waals surface area (Å²) in [4.78, 5) is 5.31. The van der Waals surface area contributed by atoms with Crippen LogP contribution in [-0.4, -0.2) is 24.0 Å². The van der Waals surface area contributed by atoms with E-state index in [0.29, 0.717) is 0 Å². The average molecular weight is 169 g/mol. The lowest BCUT2D eigenvalue weighted by molar-refractivity contribution is -0.0262. The number of anilines is 1. The molecule has 0 spiro atoms. The minimum absolute atomic E-state index is 0.196. The summed E-state index contributed by atoms with van der Waals surface area (Å²) in [6.07, 6.45) is 4.13. The van der Waals surface area contributed by atoms with Gasteiger partial charge in [0, 0.05) is 0 Å². The Morgan fingerprint density at radius 2 is 2.25 bits per heavy atom. The molecule has 2 heterocycles. The number of halogens is 2. The van der Waals surface area contributed by atoms with Crippen LogP contribution in [0.1, 0.15) is 0 Å². The van der Waals surface area contributed by atoms with Gasteiger partial charge in [0.1, 0.15) is 0 Å². The van der Waals surface area contributed by atoms with Gasteiger partial charge in [-0.15, -0.1) is 0 Å². The molecule has 1 aromatic rings. The molecule has 4 heteroatoms. The number of hydrogen-bond acceptors (Lipinski definition) is 2. The number of rotatable bonds is 1. The molecule has 1 fully saturated rings. The van der Waals surface area contributed by atoms with Gasteiger partial charge in [0.15, 0.2) is 0 Å². The zero-order valence-electron chi connectivity index (χ0n) is 6.30. The molecule has 0 N–H and O–H groups in total. The second-order valence-electron chi connectivity index (χ2n) is 2.86. The molecule has 63 valence electrons. The first-order valence-electron chi connectivity index (χ1n) is 3.62. The van der Waals surface area contributed by atoms with E-state index in [-0.39, 0.29) is 13.1 Å². The topological polar surface area (TPSA) is 16.1 Å². The van der Waals surface area contributed by atoms with Crippen molar-refractivity contribution in [3.63, 3.8) is 0 Å². The van der Waals surface area contributed by atoms with Crippen LogP contribution in [0.4, 0.5) is 14.5 Å². The third-order valence-corrected chi connectivity index (χ3v) is 1.81. The Morgan fingerprint density at radius 3 is 2.75 bits per heavy atom. The maximum absolute atomic E-state index is 12.4. The largest absolute Gasteiger partial charge is 0.358 e. The smallest absolute Gasteiger partial charge is 0.282 e. The molecule has 0 bridgehead atoms. The number of pyridine rings is 1. The number of alkyl halides is 2. The minimum atomic E-state index is -2.51. The van der Waals surface area contributed by atoms with E-state index in [1.807, 2.05) is 0 Å². The second-order valence-corrected chi connectivity index (χ2v) is 2.86. The van der Waals surface area contributed by atoms with Gasteiger partial charge >= 0.3 is 0 Å². The Hall–Kier alpha value is -1.19. The van der Waals surface area contributed by atoms with Gasteiger partial charge in [0.05, 0.1) is 31.2 Å². The highest BCUT2D eigenvalue weighted by Gasteiger charge is 2.43. The highest BCUT2D eigenvalue weighted by Crippen LogP contribution is 2.30. The van der Waals surface area contributed by atoms with Crippen molar-refractivity contribution < 1.29 is 8.78 Å². The Morgan fingerprint density at radius 1 is 1.50 bits per heavy atom. The number of aromatic nitrogens is 1. The van der Waals surface area contributed by atoms with E-state index < -0.39 is 5.92 Å². The lowest BCUT2D eigenvalue weighted by Crippen LogP contribution is -2.56. The van der Waals surface area contributed by atoms with E-state index in [4.69, 9.17) is 0 Å². The highest BCUT2D eigenvalue weighted by molar-refractivity contribution is 5.47. The van der Waals surface area contributed by atoms with Crippen molar-refractivity contribution in [1.29, 1.82) is 0 Å². The first-order valence-corrected chi connectivity index (χ1v) is 3.62. The summed E-state index contributed by atoms with van der Waals surface area (Å²) < 4.78 is 24.8. The summed E-state index contributed by atoms with van der Waals surface area (Å²) in [7, 11) is 0.